The van der Waals surface area contributed by atoms with Gasteiger partial charge in [0, 0.05) is 19.2 Å². The Balaban J connectivity index is 1.60. The number of benzene rings is 3. The molecule has 0 saturated carbocycles. The summed E-state index contributed by atoms with van der Waals surface area (Å²) < 4.78 is 26.7. The number of nitrogens with one attached hydrogen (secondary N) is 1. The van der Waals surface area contributed by atoms with E-state index in [1.807, 2.05) is 6.92 Å². The zero-order valence-corrected chi connectivity index (χ0v) is 18.0. The number of hydrogen-bond acceptors (Lipinski definition) is 5. The standard InChI is InChI=1S/C23H23N3O4S/c1-17-3-13-22(14-4-17)31(29,30)26(2)16-19-5-9-20(10-6-19)23(28)25-24-15-18-7-11-21(27)12-8-18/h3-15,27H,16H2,1-2H3,(H,25,28)/b24-15+. The SMILES string of the molecule is Cc1ccc(S(=O)(=O)N(C)Cc2ccc(C(=O)N/N=C/c3ccc(O)cc3)cc2)cc1. The highest BCUT2D eigenvalue weighted by molar-refractivity contribution is 7.89. The summed E-state index contributed by atoms with van der Waals surface area (Å²) in [5, 5.41) is 13.2. The van der Waals surface area contributed by atoms with E-state index in [2.05, 4.69) is 10.5 Å². The van der Waals surface area contributed by atoms with Gasteiger partial charge in [-0.25, -0.2) is 13.8 Å². The molecule has 0 aromatic heterocycles. The summed E-state index contributed by atoms with van der Waals surface area (Å²) >= 11 is 0. The van der Waals surface area contributed by atoms with Crippen LogP contribution >= 0.6 is 0 Å². The lowest BCUT2D eigenvalue weighted by Crippen LogP contribution is -2.26. The van der Waals surface area contributed by atoms with Gasteiger partial charge in [0.15, 0.2) is 0 Å². The summed E-state index contributed by atoms with van der Waals surface area (Å²) in [6.07, 6.45) is 1.47. The van der Waals surface area contributed by atoms with Gasteiger partial charge in [-0.2, -0.15) is 9.41 Å². The van der Waals surface area contributed by atoms with E-state index in [4.69, 9.17) is 0 Å². The minimum Gasteiger partial charge on any atom is -0.508 e. The summed E-state index contributed by atoms with van der Waals surface area (Å²) in [6.45, 7) is 2.08. The molecule has 31 heavy (non-hydrogen) atoms. The van der Waals surface area contributed by atoms with E-state index < -0.39 is 10.0 Å². The summed E-state index contributed by atoms with van der Waals surface area (Å²) in [5.41, 5.74) is 5.30. The molecule has 0 aliphatic carbocycles. The second-order valence-corrected chi connectivity index (χ2v) is 9.11. The van der Waals surface area contributed by atoms with E-state index in [0.29, 0.717) is 5.56 Å². The average molecular weight is 438 g/mol. The van der Waals surface area contributed by atoms with Gasteiger partial charge in [-0.05, 0) is 66.6 Å². The Hall–Kier alpha value is -3.49. The van der Waals surface area contributed by atoms with Crippen molar-refractivity contribution in [1.29, 1.82) is 0 Å². The molecule has 0 aliphatic rings. The second kappa shape index (κ2) is 9.55. The monoisotopic (exact) mass is 437 g/mol. The van der Waals surface area contributed by atoms with Crippen LogP contribution in [-0.4, -0.2) is 37.0 Å². The van der Waals surface area contributed by atoms with Crippen LogP contribution in [0.25, 0.3) is 0 Å². The number of phenols is 1. The van der Waals surface area contributed by atoms with Crippen molar-refractivity contribution in [3.05, 3.63) is 95.1 Å². The van der Waals surface area contributed by atoms with Crippen LogP contribution in [0.15, 0.2) is 82.8 Å². The van der Waals surface area contributed by atoms with Crippen LogP contribution in [0.3, 0.4) is 0 Å². The van der Waals surface area contributed by atoms with Gasteiger partial charge in [-0.15, -0.1) is 0 Å². The molecule has 1 amide bonds. The van der Waals surface area contributed by atoms with Crippen LogP contribution in [0, 0.1) is 6.92 Å². The molecule has 0 fully saturated rings. The van der Waals surface area contributed by atoms with E-state index >= 15 is 0 Å². The number of hydrogen-bond donors (Lipinski definition) is 2. The van der Waals surface area contributed by atoms with Gasteiger partial charge < -0.3 is 5.11 Å². The molecule has 0 unspecified atom stereocenters. The quantitative estimate of drug-likeness (QED) is 0.438. The number of amides is 1. The number of aromatic hydroxyl groups is 1. The molecule has 0 bridgehead atoms. The first-order valence-electron chi connectivity index (χ1n) is 9.50. The smallest absolute Gasteiger partial charge is 0.271 e. The Morgan fingerprint density at radius 1 is 1.00 bits per heavy atom. The highest BCUT2D eigenvalue weighted by Gasteiger charge is 2.20. The maximum absolute atomic E-state index is 12.7. The van der Waals surface area contributed by atoms with Crippen LogP contribution in [0.2, 0.25) is 0 Å². The van der Waals surface area contributed by atoms with Crippen molar-refractivity contribution in [2.75, 3.05) is 7.05 Å². The van der Waals surface area contributed by atoms with Gasteiger partial charge in [0.2, 0.25) is 10.0 Å². The van der Waals surface area contributed by atoms with Crippen LogP contribution in [0.5, 0.6) is 5.75 Å². The van der Waals surface area contributed by atoms with E-state index in [9.17, 15) is 18.3 Å². The predicted octanol–water partition coefficient (Wildman–Crippen LogP) is 3.29. The Morgan fingerprint density at radius 3 is 2.23 bits per heavy atom. The van der Waals surface area contributed by atoms with Gasteiger partial charge >= 0.3 is 0 Å². The molecule has 0 aliphatic heterocycles. The first kappa shape index (κ1) is 22.2. The Labute approximate surface area is 181 Å². The van der Waals surface area contributed by atoms with Crippen LogP contribution in [-0.2, 0) is 16.6 Å². The highest BCUT2D eigenvalue weighted by Crippen LogP contribution is 2.17. The normalized spacial score (nSPS) is 11.7. The minimum absolute atomic E-state index is 0.151. The molecule has 0 heterocycles. The Morgan fingerprint density at radius 2 is 1.61 bits per heavy atom. The maximum atomic E-state index is 12.7. The maximum Gasteiger partial charge on any atom is 0.271 e. The topological polar surface area (TPSA) is 99.1 Å². The molecule has 7 nitrogen and oxygen atoms in total. The van der Waals surface area contributed by atoms with Crippen molar-refractivity contribution in [2.45, 2.75) is 18.4 Å². The van der Waals surface area contributed by atoms with Crippen LogP contribution in [0.4, 0.5) is 0 Å². The molecular formula is C23H23N3O4S. The molecule has 0 atom stereocenters. The number of aryl methyl sites for hydroxylation is 1. The largest absolute Gasteiger partial charge is 0.508 e. The van der Waals surface area contributed by atoms with Crippen molar-refractivity contribution >= 4 is 22.1 Å². The Bertz CT molecular complexity index is 1170. The fourth-order valence-corrected chi connectivity index (χ4v) is 3.94. The lowest BCUT2D eigenvalue weighted by atomic mass is 10.1. The van der Waals surface area contributed by atoms with E-state index in [1.165, 1.54) is 29.7 Å². The van der Waals surface area contributed by atoms with Gasteiger partial charge in [0.05, 0.1) is 11.1 Å². The Kier molecular flexibility index (Phi) is 6.84. The zero-order valence-electron chi connectivity index (χ0n) is 17.2. The molecule has 0 radical (unpaired) electrons. The van der Waals surface area contributed by atoms with Crippen LogP contribution in [0.1, 0.15) is 27.0 Å². The lowest BCUT2D eigenvalue weighted by molar-refractivity contribution is 0.0955. The number of carbonyl (C=O) groups excluding carboxylic acids is 1. The molecule has 0 saturated heterocycles. The minimum atomic E-state index is -3.60. The lowest BCUT2D eigenvalue weighted by Gasteiger charge is -2.17. The van der Waals surface area contributed by atoms with E-state index in [0.717, 1.165) is 16.7 Å². The van der Waals surface area contributed by atoms with E-state index in [1.54, 1.807) is 60.7 Å². The third-order valence-electron chi connectivity index (χ3n) is 4.62. The average Bonchev–Trinajstić information content (AvgIpc) is 2.76. The third kappa shape index (κ3) is 5.78. The van der Waals surface area contributed by atoms with Gasteiger partial charge in [0.1, 0.15) is 5.75 Å². The fraction of sp³-hybridized carbons (Fsp3) is 0.130. The summed E-state index contributed by atoms with van der Waals surface area (Å²) in [5.74, 6) is -0.235. The first-order valence-corrected chi connectivity index (χ1v) is 10.9. The van der Waals surface area contributed by atoms with Gasteiger partial charge in [-0.1, -0.05) is 29.8 Å². The molecule has 8 heteroatoms. The van der Waals surface area contributed by atoms with Crippen LogP contribution < -0.4 is 5.43 Å². The number of sulfonamides is 1. The van der Waals surface area contributed by atoms with E-state index in [-0.39, 0.29) is 23.1 Å². The zero-order chi connectivity index (χ0) is 22.4. The molecule has 3 aromatic carbocycles. The van der Waals surface area contributed by atoms with Crippen molar-refractivity contribution in [3.63, 3.8) is 0 Å². The predicted molar refractivity (Wildman–Crippen MR) is 119 cm³/mol. The molecule has 3 rings (SSSR count). The fourth-order valence-electron chi connectivity index (χ4n) is 2.78. The van der Waals surface area contributed by atoms with Crippen molar-refractivity contribution in [2.24, 2.45) is 5.10 Å². The molecule has 0 spiro atoms. The first-order chi connectivity index (χ1) is 14.8. The molecule has 2 N–H and O–H groups in total. The highest BCUT2D eigenvalue weighted by atomic mass is 32.2. The summed E-state index contributed by atoms with van der Waals surface area (Å²) in [4.78, 5) is 12.5. The number of nitrogens with zero attached hydrogens (tertiary/aromatic N) is 2. The number of phenolic OH excluding ortho intramolecular Hbond substituents is 1. The van der Waals surface area contributed by atoms with Crippen molar-refractivity contribution in [1.82, 2.24) is 9.73 Å². The number of hydrazone groups is 1. The summed E-state index contributed by atoms with van der Waals surface area (Å²) in [6, 6.07) is 19.7. The van der Waals surface area contributed by atoms with Gasteiger partial charge in [0.25, 0.3) is 5.91 Å². The number of rotatable bonds is 7. The third-order valence-corrected chi connectivity index (χ3v) is 6.44. The summed E-state index contributed by atoms with van der Waals surface area (Å²) in [7, 11) is -2.08. The molecule has 160 valence electrons. The van der Waals surface area contributed by atoms with Gasteiger partial charge in [-0.3, -0.25) is 4.79 Å². The molecule has 3 aromatic rings. The van der Waals surface area contributed by atoms with Crippen molar-refractivity contribution in [3.8, 4) is 5.75 Å². The van der Waals surface area contributed by atoms with Crippen molar-refractivity contribution < 1.29 is 18.3 Å². The molecular weight excluding hydrogens is 414 g/mol. The number of carbonyl (C=O) groups is 1. The second-order valence-electron chi connectivity index (χ2n) is 7.06.